The first-order valence-corrected chi connectivity index (χ1v) is 27.2. The molecule has 0 fully saturated rings. The third-order valence-corrected chi connectivity index (χ3v) is 12.1. The predicted molar refractivity (Wildman–Crippen MR) is 278 cm³/mol. The molecule has 0 bridgehead atoms. The van der Waals surface area contributed by atoms with E-state index >= 15 is 0 Å². The third-order valence-electron chi connectivity index (χ3n) is 12.1. The van der Waals surface area contributed by atoms with Gasteiger partial charge in [-0.25, -0.2) is 0 Å². The van der Waals surface area contributed by atoms with Gasteiger partial charge in [-0.05, 0) is 77.0 Å². The van der Waals surface area contributed by atoms with E-state index in [-0.39, 0.29) is 24.9 Å². The summed E-state index contributed by atoms with van der Waals surface area (Å²) >= 11 is 0. The van der Waals surface area contributed by atoms with Crippen LogP contribution in [0.3, 0.4) is 0 Å². The van der Waals surface area contributed by atoms with Gasteiger partial charge in [-0.2, -0.15) is 0 Å². The Kier molecular flexibility index (Phi) is 49.1. The largest absolute Gasteiger partial charge is 0.462 e. The van der Waals surface area contributed by atoms with Crippen molar-refractivity contribution in [1.82, 2.24) is 5.32 Å². The van der Waals surface area contributed by atoms with E-state index in [2.05, 4.69) is 74.7 Å². The number of esters is 1. The molecule has 0 aliphatic heterocycles. The summed E-state index contributed by atoms with van der Waals surface area (Å²) in [7, 11) is 0. The Hall–Kier alpha value is -2.70. The van der Waals surface area contributed by atoms with Crippen LogP contribution in [-0.4, -0.2) is 46.9 Å². The number of ether oxygens (including phenoxy) is 1. The van der Waals surface area contributed by atoms with Crippen molar-refractivity contribution in [3.8, 4) is 0 Å². The van der Waals surface area contributed by atoms with Gasteiger partial charge in [0.25, 0.3) is 0 Å². The first-order chi connectivity index (χ1) is 31.5. The van der Waals surface area contributed by atoms with Crippen LogP contribution in [0.2, 0.25) is 0 Å². The van der Waals surface area contributed by atoms with E-state index in [1.165, 1.54) is 135 Å². The first kappa shape index (κ1) is 61.3. The number of nitrogens with one attached hydrogen (secondary N) is 1. The highest BCUT2D eigenvalue weighted by molar-refractivity contribution is 5.77. The van der Waals surface area contributed by atoms with Gasteiger partial charge in [-0.3, -0.25) is 9.59 Å². The maximum atomic E-state index is 13.2. The normalized spacial score (nSPS) is 13.8. The number of carbonyl (C=O) groups excluding carboxylic acids is 2. The summed E-state index contributed by atoms with van der Waals surface area (Å²) in [5.41, 5.74) is 0. The molecule has 0 heterocycles. The lowest BCUT2D eigenvalue weighted by Gasteiger charge is -2.24. The molecule has 6 nitrogen and oxygen atoms in total. The van der Waals surface area contributed by atoms with Crippen molar-refractivity contribution in [2.24, 2.45) is 0 Å². The summed E-state index contributed by atoms with van der Waals surface area (Å²) < 4.78 is 5.93. The molecule has 0 saturated carbocycles. The number of amides is 1. The highest BCUT2D eigenvalue weighted by atomic mass is 16.5. The number of allylic oxidation sites excluding steroid dienone is 12. The van der Waals surface area contributed by atoms with Gasteiger partial charge in [0.1, 0.15) is 6.10 Å². The van der Waals surface area contributed by atoms with E-state index < -0.39 is 18.2 Å². The van der Waals surface area contributed by atoms with Crippen molar-refractivity contribution in [1.29, 1.82) is 0 Å². The first-order valence-electron chi connectivity index (χ1n) is 27.2. The third kappa shape index (κ3) is 45.9. The summed E-state index contributed by atoms with van der Waals surface area (Å²) in [6.45, 7) is 6.32. The maximum Gasteiger partial charge on any atom is 0.306 e. The molecule has 3 unspecified atom stereocenters. The van der Waals surface area contributed by atoms with E-state index in [4.69, 9.17) is 4.74 Å². The number of hydrogen-bond acceptors (Lipinski definition) is 5. The number of rotatable bonds is 48. The molecule has 0 rings (SSSR count). The minimum Gasteiger partial charge on any atom is -0.462 e. The maximum absolute atomic E-state index is 13.2. The van der Waals surface area contributed by atoms with Crippen molar-refractivity contribution < 1.29 is 24.5 Å². The zero-order chi connectivity index (χ0) is 46.7. The number of unbranched alkanes of at least 4 members (excludes halogenated alkanes) is 27. The van der Waals surface area contributed by atoms with E-state index in [0.29, 0.717) is 19.3 Å². The Balaban J connectivity index is 4.58. The number of carbonyl (C=O) groups is 2. The second-order valence-corrected chi connectivity index (χ2v) is 18.3. The van der Waals surface area contributed by atoms with Crippen molar-refractivity contribution in [2.75, 3.05) is 6.61 Å². The fourth-order valence-electron chi connectivity index (χ4n) is 8.00. The SMILES string of the molecule is CC/C=C/C=C/C=C/C=C\CCCCCC(CC(=O)NC(CO)C(O)CCCCCCCCCCCCCCC)OC(=O)CCCCCCCCCCC/C=C\C/C=C\CCCCC. The summed E-state index contributed by atoms with van der Waals surface area (Å²) in [5, 5.41) is 23.8. The van der Waals surface area contributed by atoms with Gasteiger partial charge >= 0.3 is 5.97 Å². The molecule has 0 saturated heterocycles. The summed E-state index contributed by atoms with van der Waals surface area (Å²) in [5.74, 6) is -0.516. The fourth-order valence-corrected chi connectivity index (χ4v) is 8.00. The van der Waals surface area contributed by atoms with Crippen LogP contribution in [-0.2, 0) is 14.3 Å². The zero-order valence-corrected chi connectivity index (χ0v) is 42.1. The minimum atomic E-state index is -0.802. The lowest BCUT2D eigenvalue weighted by atomic mass is 10.0. The lowest BCUT2D eigenvalue weighted by molar-refractivity contribution is -0.151. The average molecular weight is 894 g/mol. The van der Waals surface area contributed by atoms with Crippen LogP contribution in [0.4, 0.5) is 0 Å². The Morgan fingerprint density at radius 2 is 0.906 bits per heavy atom. The smallest absolute Gasteiger partial charge is 0.306 e. The molecule has 0 aliphatic rings. The van der Waals surface area contributed by atoms with Gasteiger partial charge in [0.15, 0.2) is 0 Å². The van der Waals surface area contributed by atoms with Gasteiger partial charge in [0.05, 0.1) is 25.2 Å². The molecule has 0 radical (unpaired) electrons. The van der Waals surface area contributed by atoms with Crippen LogP contribution >= 0.6 is 0 Å². The molecule has 0 aliphatic carbocycles. The monoisotopic (exact) mass is 894 g/mol. The average Bonchev–Trinajstić information content (AvgIpc) is 3.29. The van der Waals surface area contributed by atoms with E-state index in [9.17, 15) is 19.8 Å². The second-order valence-electron chi connectivity index (χ2n) is 18.3. The zero-order valence-electron chi connectivity index (χ0n) is 42.1. The standard InChI is InChI=1S/C58H103NO5/c1-4-7-10-13-16-19-22-25-26-27-28-29-30-33-36-39-42-45-48-51-58(63)64-54(49-46-43-40-37-34-31-23-20-17-14-11-8-5-2)52-57(62)59-55(53-60)56(61)50-47-44-41-38-35-32-24-21-18-15-12-9-6-3/h8,11,14,16-17,19-20,23,25-26,31,34,54-56,60-61H,4-7,9-10,12-13,15,18,21-22,24,27-30,32-33,35-53H2,1-3H3,(H,59,62)/b11-8+,17-14+,19-16-,23-20+,26-25-,34-31-. The van der Waals surface area contributed by atoms with Crippen molar-refractivity contribution in [3.63, 3.8) is 0 Å². The van der Waals surface area contributed by atoms with E-state index in [1.54, 1.807) is 0 Å². The Bertz CT molecular complexity index is 1190. The van der Waals surface area contributed by atoms with Gasteiger partial charge in [0, 0.05) is 6.42 Å². The summed E-state index contributed by atoms with van der Waals surface area (Å²) in [6.07, 6.45) is 65.3. The quantitative estimate of drug-likeness (QED) is 0.0245. The van der Waals surface area contributed by atoms with Gasteiger partial charge in [0.2, 0.25) is 5.91 Å². The Morgan fingerprint density at radius 1 is 0.484 bits per heavy atom. The molecular weight excluding hydrogens is 791 g/mol. The molecule has 64 heavy (non-hydrogen) atoms. The molecule has 1 amide bonds. The van der Waals surface area contributed by atoms with Crippen molar-refractivity contribution >= 4 is 11.9 Å². The van der Waals surface area contributed by atoms with Crippen LogP contribution in [0.5, 0.6) is 0 Å². The molecule has 3 atom stereocenters. The van der Waals surface area contributed by atoms with Crippen LogP contribution in [0.15, 0.2) is 72.9 Å². The number of aliphatic hydroxyl groups excluding tert-OH is 2. The summed E-state index contributed by atoms with van der Waals surface area (Å²) in [4.78, 5) is 26.2. The molecule has 0 spiro atoms. The molecule has 3 N–H and O–H groups in total. The molecule has 370 valence electrons. The van der Waals surface area contributed by atoms with E-state index in [0.717, 1.165) is 77.0 Å². The Morgan fingerprint density at radius 3 is 1.45 bits per heavy atom. The Labute approximate surface area is 396 Å². The number of aliphatic hydroxyl groups is 2. The molecule has 0 aromatic rings. The van der Waals surface area contributed by atoms with Gasteiger partial charge < -0.3 is 20.3 Å². The predicted octanol–water partition coefficient (Wildman–Crippen LogP) is 16.6. The lowest BCUT2D eigenvalue weighted by Crippen LogP contribution is -2.46. The molecule has 0 aromatic carbocycles. The second kappa shape index (κ2) is 51.3. The topological polar surface area (TPSA) is 95.9 Å². The van der Waals surface area contributed by atoms with Crippen LogP contribution in [0.1, 0.15) is 258 Å². The van der Waals surface area contributed by atoms with Crippen LogP contribution in [0, 0.1) is 0 Å². The molecular formula is C58H103NO5. The van der Waals surface area contributed by atoms with Gasteiger partial charge in [-0.1, -0.05) is 241 Å². The summed E-state index contributed by atoms with van der Waals surface area (Å²) in [6, 6.07) is -0.718. The van der Waals surface area contributed by atoms with Crippen molar-refractivity contribution in [2.45, 2.75) is 277 Å². The van der Waals surface area contributed by atoms with E-state index in [1.807, 2.05) is 24.3 Å². The molecule has 6 heteroatoms. The van der Waals surface area contributed by atoms with Crippen LogP contribution < -0.4 is 5.32 Å². The molecule has 0 aromatic heterocycles. The highest BCUT2D eigenvalue weighted by Crippen LogP contribution is 2.18. The number of hydrogen-bond donors (Lipinski definition) is 3. The fraction of sp³-hybridized carbons (Fsp3) is 0.759. The minimum absolute atomic E-state index is 0.0478. The van der Waals surface area contributed by atoms with Gasteiger partial charge in [-0.15, -0.1) is 0 Å². The van der Waals surface area contributed by atoms with Crippen LogP contribution in [0.25, 0.3) is 0 Å². The van der Waals surface area contributed by atoms with Crippen molar-refractivity contribution in [3.05, 3.63) is 72.9 Å². The highest BCUT2D eigenvalue weighted by Gasteiger charge is 2.24.